The minimum atomic E-state index is -0.224. The van der Waals surface area contributed by atoms with E-state index < -0.39 is 0 Å². The molecule has 2 heterocycles. The Morgan fingerprint density at radius 3 is 3.06 bits per heavy atom. The maximum atomic E-state index is 11.8. The van der Waals surface area contributed by atoms with Gasteiger partial charge in [0.15, 0.2) is 0 Å². The van der Waals surface area contributed by atoms with Crippen LogP contribution in [0.15, 0.2) is 29.1 Å². The SMILES string of the molecule is Nc1nc2c(c(=O)[nH]1)-c1ccccc1OC2. The predicted molar refractivity (Wildman–Crippen MR) is 59.0 cm³/mol. The first-order valence-corrected chi connectivity index (χ1v) is 4.86. The van der Waals surface area contributed by atoms with E-state index in [1.54, 1.807) is 0 Å². The predicted octanol–water partition coefficient (Wildman–Crippen LogP) is 0.911. The first-order valence-electron chi connectivity index (χ1n) is 4.86. The fraction of sp³-hybridized carbons (Fsp3) is 0.0909. The van der Waals surface area contributed by atoms with E-state index >= 15 is 0 Å². The van der Waals surface area contributed by atoms with Gasteiger partial charge in [-0.1, -0.05) is 18.2 Å². The van der Waals surface area contributed by atoms with Gasteiger partial charge < -0.3 is 10.5 Å². The van der Waals surface area contributed by atoms with Crippen LogP contribution >= 0.6 is 0 Å². The van der Waals surface area contributed by atoms with Crippen molar-refractivity contribution < 1.29 is 4.74 Å². The maximum absolute atomic E-state index is 11.8. The quantitative estimate of drug-likeness (QED) is 0.684. The topological polar surface area (TPSA) is 81.0 Å². The molecule has 0 radical (unpaired) electrons. The van der Waals surface area contributed by atoms with E-state index in [1.165, 1.54) is 0 Å². The Bertz CT molecular complexity index is 619. The third-order valence-electron chi connectivity index (χ3n) is 2.53. The van der Waals surface area contributed by atoms with Crippen molar-refractivity contribution in [3.8, 4) is 16.9 Å². The lowest BCUT2D eigenvalue weighted by molar-refractivity contribution is 0.297. The van der Waals surface area contributed by atoms with Gasteiger partial charge in [0, 0.05) is 5.56 Å². The van der Waals surface area contributed by atoms with E-state index in [0.29, 0.717) is 17.0 Å². The van der Waals surface area contributed by atoms with Gasteiger partial charge >= 0.3 is 0 Å². The van der Waals surface area contributed by atoms with Crippen LogP contribution in [0.1, 0.15) is 5.69 Å². The molecule has 1 aliphatic rings. The minimum absolute atomic E-state index is 0.117. The number of hydrogen-bond acceptors (Lipinski definition) is 4. The maximum Gasteiger partial charge on any atom is 0.260 e. The number of para-hydroxylation sites is 1. The molecule has 80 valence electrons. The molecule has 0 aliphatic carbocycles. The molecule has 5 nitrogen and oxygen atoms in total. The Morgan fingerprint density at radius 1 is 1.38 bits per heavy atom. The first-order chi connectivity index (χ1) is 7.75. The highest BCUT2D eigenvalue weighted by Gasteiger charge is 2.21. The largest absolute Gasteiger partial charge is 0.487 e. The van der Waals surface area contributed by atoms with Gasteiger partial charge in [0.25, 0.3) is 5.56 Å². The van der Waals surface area contributed by atoms with Crippen LogP contribution in [0.4, 0.5) is 5.95 Å². The average molecular weight is 215 g/mol. The van der Waals surface area contributed by atoms with Crippen molar-refractivity contribution in [3.05, 3.63) is 40.3 Å². The fourth-order valence-electron chi connectivity index (χ4n) is 1.87. The summed E-state index contributed by atoms with van der Waals surface area (Å²) in [5, 5.41) is 0. The number of nitrogen functional groups attached to an aromatic ring is 1. The minimum Gasteiger partial charge on any atom is -0.487 e. The summed E-state index contributed by atoms with van der Waals surface area (Å²) in [6.07, 6.45) is 0. The fourth-order valence-corrected chi connectivity index (χ4v) is 1.87. The van der Waals surface area contributed by atoms with Crippen molar-refractivity contribution >= 4 is 5.95 Å². The molecule has 5 heteroatoms. The van der Waals surface area contributed by atoms with E-state index in [2.05, 4.69) is 9.97 Å². The van der Waals surface area contributed by atoms with Gasteiger partial charge in [0.1, 0.15) is 12.4 Å². The van der Waals surface area contributed by atoms with Crippen LogP contribution in [0.2, 0.25) is 0 Å². The summed E-state index contributed by atoms with van der Waals surface area (Å²) in [5.41, 5.74) is 7.15. The van der Waals surface area contributed by atoms with Gasteiger partial charge in [0.2, 0.25) is 5.95 Å². The number of nitrogens with one attached hydrogen (secondary N) is 1. The lowest BCUT2D eigenvalue weighted by Gasteiger charge is -2.18. The monoisotopic (exact) mass is 215 g/mol. The second-order valence-corrected chi connectivity index (χ2v) is 3.56. The van der Waals surface area contributed by atoms with Crippen molar-refractivity contribution in [1.29, 1.82) is 0 Å². The number of nitrogens with zero attached hydrogens (tertiary/aromatic N) is 1. The molecular formula is C11H9N3O2. The highest BCUT2D eigenvalue weighted by Crippen LogP contribution is 2.33. The van der Waals surface area contributed by atoms with E-state index in [9.17, 15) is 4.79 Å². The number of rotatable bonds is 0. The number of anilines is 1. The van der Waals surface area contributed by atoms with Gasteiger partial charge in [-0.25, -0.2) is 4.98 Å². The van der Waals surface area contributed by atoms with Crippen molar-refractivity contribution in [1.82, 2.24) is 9.97 Å². The van der Waals surface area contributed by atoms with E-state index in [4.69, 9.17) is 10.5 Å². The van der Waals surface area contributed by atoms with Gasteiger partial charge in [-0.3, -0.25) is 9.78 Å². The van der Waals surface area contributed by atoms with Crippen molar-refractivity contribution in [2.45, 2.75) is 6.61 Å². The molecule has 0 fully saturated rings. The molecule has 0 spiro atoms. The summed E-state index contributed by atoms with van der Waals surface area (Å²) in [4.78, 5) is 18.4. The Labute approximate surface area is 90.9 Å². The molecule has 0 unspecified atom stereocenters. The van der Waals surface area contributed by atoms with Crippen LogP contribution < -0.4 is 16.0 Å². The smallest absolute Gasteiger partial charge is 0.260 e. The van der Waals surface area contributed by atoms with Crippen LogP contribution in [-0.2, 0) is 6.61 Å². The molecule has 3 rings (SSSR count). The number of aromatic nitrogens is 2. The van der Waals surface area contributed by atoms with Crippen LogP contribution in [0, 0.1) is 0 Å². The summed E-state index contributed by atoms with van der Waals surface area (Å²) in [6.45, 7) is 0.278. The zero-order valence-corrected chi connectivity index (χ0v) is 8.36. The third kappa shape index (κ3) is 1.18. The highest BCUT2D eigenvalue weighted by atomic mass is 16.5. The average Bonchev–Trinajstić information content (AvgIpc) is 2.28. The van der Waals surface area contributed by atoms with Crippen LogP contribution in [0.3, 0.4) is 0 Å². The van der Waals surface area contributed by atoms with Crippen LogP contribution in [0.25, 0.3) is 11.1 Å². The van der Waals surface area contributed by atoms with E-state index in [-0.39, 0.29) is 18.1 Å². The number of fused-ring (bicyclic) bond motifs is 3. The summed E-state index contributed by atoms with van der Waals surface area (Å²) in [7, 11) is 0. The Kier molecular flexibility index (Phi) is 1.73. The van der Waals surface area contributed by atoms with Gasteiger partial charge in [0.05, 0.1) is 11.3 Å². The summed E-state index contributed by atoms with van der Waals surface area (Å²) < 4.78 is 5.49. The van der Waals surface area contributed by atoms with Crippen molar-refractivity contribution in [2.24, 2.45) is 0 Å². The lowest BCUT2D eigenvalue weighted by atomic mass is 10.0. The zero-order chi connectivity index (χ0) is 11.1. The lowest BCUT2D eigenvalue weighted by Crippen LogP contribution is -2.20. The molecule has 0 atom stereocenters. The van der Waals surface area contributed by atoms with Crippen LogP contribution in [0.5, 0.6) is 5.75 Å². The first kappa shape index (κ1) is 8.96. The molecule has 1 aliphatic heterocycles. The van der Waals surface area contributed by atoms with Gasteiger partial charge in [-0.2, -0.15) is 0 Å². The molecule has 2 aromatic rings. The number of H-pyrrole nitrogens is 1. The second-order valence-electron chi connectivity index (χ2n) is 3.56. The standard InChI is InChI=1S/C11H9N3O2/c12-11-13-7-5-16-8-4-2-1-3-6(8)9(7)10(15)14-11/h1-4H,5H2,(H3,12,13,14,15). The molecule has 0 saturated heterocycles. The number of benzene rings is 1. The number of hydrogen-bond donors (Lipinski definition) is 2. The van der Waals surface area contributed by atoms with Crippen LogP contribution in [-0.4, -0.2) is 9.97 Å². The Balaban J connectivity index is 2.36. The molecule has 16 heavy (non-hydrogen) atoms. The molecular weight excluding hydrogens is 206 g/mol. The second kappa shape index (κ2) is 3.10. The van der Waals surface area contributed by atoms with E-state index in [1.807, 2.05) is 24.3 Å². The third-order valence-corrected chi connectivity index (χ3v) is 2.53. The summed E-state index contributed by atoms with van der Waals surface area (Å²) in [6, 6.07) is 7.38. The molecule has 0 amide bonds. The Hall–Kier alpha value is -2.30. The van der Waals surface area contributed by atoms with Gasteiger partial charge in [-0.15, -0.1) is 0 Å². The summed E-state index contributed by atoms with van der Waals surface area (Å²) in [5.74, 6) is 0.818. The number of nitrogens with two attached hydrogens (primary N) is 1. The zero-order valence-electron chi connectivity index (χ0n) is 8.36. The number of aromatic amines is 1. The van der Waals surface area contributed by atoms with Crippen molar-refractivity contribution in [3.63, 3.8) is 0 Å². The molecule has 1 aromatic carbocycles. The highest BCUT2D eigenvalue weighted by molar-refractivity contribution is 5.73. The van der Waals surface area contributed by atoms with E-state index in [0.717, 1.165) is 5.56 Å². The normalized spacial score (nSPS) is 12.5. The molecule has 0 saturated carbocycles. The number of ether oxygens (including phenoxy) is 1. The molecule has 0 bridgehead atoms. The molecule has 1 aromatic heterocycles. The summed E-state index contributed by atoms with van der Waals surface area (Å²) >= 11 is 0. The Morgan fingerprint density at radius 2 is 2.19 bits per heavy atom. The van der Waals surface area contributed by atoms with Gasteiger partial charge in [-0.05, 0) is 6.07 Å². The molecule has 3 N–H and O–H groups in total. The van der Waals surface area contributed by atoms with Crippen molar-refractivity contribution in [2.75, 3.05) is 5.73 Å².